The van der Waals surface area contributed by atoms with Gasteiger partial charge in [0.25, 0.3) is 0 Å². The minimum atomic E-state index is -1.04. The van der Waals surface area contributed by atoms with Crippen molar-refractivity contribution >= 4 is 12.0 Å². The topological polar surface area (TPSA) is 58.6 Å². The van der Waals surface area contributed by atoms with E-state index >= 15 is 0 Å². The predicted octanol–water partition coefficient (Wildman–Crippen LogP) is 2.89. The molecule has 0 saturated heterocycles. The van der Waals surface area contributed by atoms with Gasteiger partial charge in [-0.2, -0.15) is 0 Å². The molecule has 124 valence electrons. The third-order valence-electron chi connectivity index (χ3n) is 3.72. The van der Waals surface area contributed by atoms with E-state index in [0.29, 0.717) is 11.8 Å². The number of carbonyl (C=O) groups is 2. The number of carbonyl (C=O) groups excluding carboxylic acids is 2. The number of esters is 1. The van der Waals surface area contributed by atoms with Gasteiger partial charge < -0.3 is 10.1 Å². The Morgan fingerprint density at radius 1 is 1.35 bits per heavy atom. The number of halogens is 2. The van der Waals surface area contributed by atoms with Crippen molar-refractivity contribution in [3.8, 4) is 0 Å². The Kier molecular flexibility index (Phi) is 4.68. The zero-order valence-corrected chi connectivity index (χ0v) is 13.3. The van der Waals surface area contributed by atoms with Gasteiger partial charge in [0.05, 0.1) is 18.7 Å². The van der Waals surface area contributed by atoms with Crippen molar-refractivity contribution in [3.63, 3.8) is 0 Å². The first kappa shape index (κ1) is 16.9. The summed E-state index contributed by atoms with van der Waals surface area (Å²) in [6.45, 7) is 5.17. The van der Waals surface area contributed by atoms with Gasteiger partial charge in [-0.1, -0.05) is 6.07 Å². The van der Waals surface area contributed by atoms with E-state index in [-0.39, 0.29) is 17.2 Å². The van der Waals surface area contributed by atoms with Gasteiger partial charge in [0.1, 0.15) is 11.6 Å². The molecule has 0 radical (unpaired) electrons. The van der Waals surface area contributed by atoms with Gasteiger partial charge in [-0.25, -0.2) is 18.4 Å². The van der Waals surface area contributed by atoms with Crippen LogP contribution in [0.15, 0.2) is 29.5 Å². The summed E-state index contributed by atoms with van der Waals surface area (Å²) >= 11 is 0. The van der Waals surface area contributed by atoms with Crippen molar-refractivity contribution in [3.05, 3.63) is 46.7 Å². The molecule has 1 N–H and O–H groups in total. The van der Waals surface area contributed by atoms with Crippen LogP contribution >= 0.6 is 0 Å². The molecule has 0 aromatic heterocycles. The van der Waals surface area contributed by atoms with E-state index in [2.05, 4.69) is 5.32 Å². The van der Waals surface area contributed by atoms with E-state index in [1.807, 2.05) is 0 Å². The van der Waals surface area contributed by atoms with Crippen LogP contribution in [0.1, 0.15) is 32.4 Å². The van der Waals surface area contributed by atoms with E-state index < -0.39 is 29.7 Å². The van der Waals surface area contributed by atoms with E-state index in [9.17, 15) is 18.4 Å². The third-order valence-corrected chi connectivity index (χ3v) is 3.72. The summed E-state index contributed by atoms with van der Waals surface area (Å²) in [6, 6.07) is 1.29. The van der Waals surface area contributed by atoms with E-state index in [1.165, 1.54) is 18.1 Å². The average Bonchev–Trinajstić information content (AvgIpc) is 2.45. The molecule has 0 aliphatic carbocycles. The van der Waals surface area contributed by atoms with Gasteiger partial charge in [-0.3, -0.25) is 4.90 Å². The van der Waals surface area contributed by atoms with Crippen LogP contribution in [0.3, 0.4) is 0 Å². The van der Waals surface area contributed by atoms with Gasteiger partial charge in [0.2, 0.25) is 0 Å². The lowest BCUT2D eigenvalue weighted by molar-refractivity contribution is -0.136. The lowest BCUT2D eigenvalue weighted by Gasteiger charge is -2.37. The fourth-order valence-corrected chi connectivity index (χ4v) is 2.72. The zero-order chi connectivity index (χ0) is 17.3. The highest BCUT2D eigenvalue weighted by Crippen LogP contribution is 2.33. The summed E-state index contributed by atoms with van der Waals surface area (Å²) in [5, 5.41) is 2.59. The number of nitrogens with zero attached hydrogens (tertiary/aromatic N) is 1. The van der Waals surface area contributed by atoms with E-state index in [1.54, 1.807) is 20.8 Å². The summed E-state index contributed by atoms with van der Waals surface area (Å²) < 4.78 is 32.0. The highest BCUT2D eigenvalue weighted by molar-refractivity contribution is 5.95. The molecule has 2 rings (SSSR count). The predicted molar refractivity (Wildman–Crippen MR) is 79.3 cm³/mol. The third kappa shape index (κ3) is 3.04. The molecule has 1 heterocycles. The second-order valence-electron chi connectivity index (χ2n) is 5.50. The minimum Gasteiger partial charge on any atom is -0.466 e. The summed E-state index contributed by atoms with van der Waals surface area (Å²) in [5.41, 5.74) is 0.499. The van der Waals surface area contributed by atoms with Crippen LogP contribution in [0.25, 0.3) is 0 Å². The van der Waals surface area contributed by atoms with Crippen molar-refractivity contribution in [2.45, 2.75) is 32.9 Å². The maximum absolute atomic E-state index is 14.1. The first-order valence-corrected chi connectivity index (χ1v) is 7.11. The smallest absolute Gasteiger partial charge is 0.337 e. The number of urea groups is 1. The second-order valence-corrected chi connectivity index (χ2v) is 5.50. The van der Waals surface area contributed by atoms with Crippen molar-refractivity contribution in [1.82, 2.24) is 10.2 Å². The van der Waals surface area contributed by atoms with Gasteiger partial charge in [0, 0.05) is 23.4 Å². The number of hydrogen-bond acceptors (Lipinski definition) is 3. The van der Waals surface area contributed by atoms with E-state index in [0.717, 1.165) is 6.07 Å². The molecule has 1 aliphatic heterocycles. The normalized spacial score (nSPS) is 18.3. The molecule has 1 atom stereocenters. The monoisotopic (exact) mass is 324 g/mol. The summed E-state index contributed by atoms with van der Waals surface area (Å²) in [6.07, 6.45) is 0. The van der Waals surface area contributed by atoms with Gasteiger partial charge in [-0.15, -0.1) is 0 Å². The molecule has 7 heteroatoms. The maximum Gasteiger partial charge on any atom is 0.337 e. The molecule has 5 nitrogen and oxygen atoms in total. The number of amides is 2. The Morgan fingerprint density at radius 3 is 2.52 bits per heavy atom. The highest BCUT2D eigenvalue weighted by Gasteiger charge is 2.38. The zero-order valence-electron chi connectivity index (χ0n) is 13.3. The van der Waals surface area contributed by atoms with Crippen LogP contribution in [0.5, 0.6) is 0 Å². The lowest BCUT2D eigenvalue weighted by atomic mass is 9.94. The largest absolute Gasteiger partial charge is 0.466 e. The number of benzene rings is 1. The van der Waals surface area contributed by atoms with Crippen LogP contribution in [0.4, 0.5) is 13.6 Å². The van der Waals surface area contributed by atoms with Crippen LogP contribution in [-0.4, -0.2) is 30.1 Å². The van der Waals surface area contributed by atoms with Crippen LogP contribution < -0.4 is 5.32 Å². The molecule has 0 saturated carbocycles. The lowest BCUT2D eigenvalue weighted by Crippen LogP contribution is -2.50. The Hall–Kier alpha value is -2.44. The number of hydrogen-bond donors (Lipinski definition) is 1. The summed E-state index contributed by atoms with van der Waals surface area (Å²) in [7, 11) is 1.21. The molecular formula is C16H18F2N2O3. The van der Waals surface area contributed by atoms with Crippen molar-refractivity contribution < 1.29 is 23.1 Å². The molecule has 1 aromatic carbocycles. The SMILES string of the molecule is COC(=O)C1=C(C)N(C(C)C)C(=O)N[C@@H]1c1ccc(F)cc1F. The van der Waals surface area contributed by atoms with Crippen molar-refractivity contribution in [2.24, 2.45) is 0 Å². The summed E-state index contributed by atoms with van der Waals surface area (Å²) in [5.74, 6) is -2.26. The molecule has 0 bridgehead atoms. The number of ether oxygens (including phenoxy) is 1. The Labute approximate surface area is 132 Å². The Morgan fingerprint density at radius 2 is 2.00 bits per heavy atom. The minimum absolute atomic E-state index is 0.00269. The molecule has 2 amide bonds. The summed E-state index contributed by atoms with van der Waals surface area (Å²) in [4.78, 5) is 25.8. The molecule has 0 unspecified atom stereocenters. The number of methoxy groups -OCH3 is 1. The standard InChI is InChI=1S/C16H18F2N2O3/c1-8(2)20-9(3)13(15(21)23-4)14(19-16(20)22)11-6-5-10(17)7-12(11)18/h5-8,14H,1-4H3,(H,19,22)/t14-/m1/s1. The number of rotatable bonds is 3. The first-order valence-electron chi connectivity index (χ1n) is 7.11. The molecule has 0 spiro atoms. The maximum atomic E-state index is 14.1. The Balaban J connectivity index is 2.62. The molecular weight excluding hydrogens is 306 g/mol. The fraction of sp³-hybridized carbons (Fsp3) is 0.375. The van der Waals surface area contributed by atoms with Crippen molar-refractivity contribution in [2.75, 3.05) is 7.11 Å². The van der Waals surface area contributed by atoms with Gasteiger partial charge in [-0.05, 0) is 26.8 Å². The van der Waals surface area contributed by atoms with Crippen LogP contribution in [0, 0.1) is 11.6 Å². The second kappa shape index (κ2) is 6.36. The van der Waals surface area contributed by atoms with Crippen LogP contribution in [0.2, 0.25) is 0 Å². The number of nitrogens with one attached hydrogen (secondary N) is 1. The van der Waals surface area contributed by atoms with Crippen molar-refractivity contribution in [1.29, 1.82) is 0 Å². The van der Waals surface area contributed by atoms with Gasteiger partial charge >= 0.3 is 12.0 Å². The molecule has 1 aliphatic rings. The Bertz CT molecular complexity index is 686. The molecule has 0 fully saturated rings. The quantitative estimate of drug-likeness (QED) is 0.870. The van der Waals surface area contributed by atoms with E-state index in [4.69, 9.17) is 4.74 Å². The first-order chi connectivity index (χ1) is 10.8. The fourth-order valence-electron chi connectivity index (χ4n) is 2.72. The van der Waals surface area contributed by atoms with Gasteiger partial charge in [0.15, 0.2) is 0 Å². The number of allylic oxidation sites excluding steroid dienone is 1. The van der Waals surface area contributed by atoms with Crippen LogP contribution in [-0.2, 0) is 9.53 Å². The highest BCUT2D eigenvalue weighted by atomic mass is 19.1. The average molecular weight is 324 g/mol. The molecule has 23 heavy (non-hydrogen) atoms. The molecule has 1 aromatic rings.